The molecule has 0 saturated carbocycles. The second kappa shape index (κ2) is 5.07. The molecule has 5 heteroatoms. The first-order valence-corrected chi connectivity index (χ1v) is 6.38. The zero-order valence-corrected chi connectivity index (χ0v) is 11.1. The predicted octanol–water partition coefficient (Wildman–Crippen LogP) is 2.83. The Bertz CT molecular complexity index is 590. The van der Waals surface area contributed by atoms with Crippen molar-refractivity contribution in [2.75, 3.05) is 11.1 Å². The monoisotopic (exact) mass is 258 g/mol. The zero-order valence-electron chi connectivity index (χ0n) is 10.3. The van der Waals surface area contributed by atoms with Gasteiger partial charge in [0.1, 0.15) is 6.07 Å². The second-order valence-electron chi connectivity index (χ2n) is 4.04. The minimum Gasteiger partial charge on any atom is -0.395 e. The van der Waals surface area contributed by atoms with Gasteiger partial charge in [-0.05, 0) is 31.5 Å². The van der Waals surface area contributed by atoms with Gasteiger partial charge in [-0.2, -0.15) is 5.26 Å². The molecule has 0 aliphatic carbocycles. The fraction of sp³-hybridized carbons (Fsp3) is 0.231. The number of aromatic nitrogens is 1. The summed E-state index contributed by atoms with van der Waals surface area (Å²) in [7, 11) is 0. The molecular weight excluding hydrogens is 244 g/mol. The van der Waals surface area contributed by atoms with Crippen LogP contribution in [-0.4, -0.2) is 4.98 Å². The van der Waals surface area contributed by atoms with Crippen LogP contribution >= 0.6 is 11.3 Å². The summed E-state index contributed by atoms with van der Waals surface area (Å²) < 4.78 is 0. The number of nitrogens with two attached hydrogens (primary N) is 1. The van der Waals surface area contributed by atoms with Gasteiger partial charge in [-0.25, -0.2) is 4.98 Å². The van der Waals surface area contributed by atoms with Crippen LogP contribution in [0.5, 0.6) is 0 Å². The van der Waals surface area contributed by atoms with Crippen LogP contribution in [0.15, 0.2) is 18.3 Å². The molecule has 0 radical (unpaired) electrons. The van der Waals surface area contributed by atoms with Gasteiger partial charge < -0.3 is 11.1 Å². The van der Waals surface area contributed by atoms with Gasteiger partial charge in [-0.15, -0.1) is 11.3 Å². The van der Waals surface area contributed by atoms with E-state index in [1.807, 2.05) is 6.07 Å². The van der Waals surface area contributed by atoms with Gasteiger partial charge >= 0.3 is 0 Å². The van der Waals surface area contributed by atoms with Crippen LogP contribution in [0.25, 0.3) is 0 Å². The summed E-state index contributed by atoms with van der Waals surface area (Å²) in [5, 5.41) is 12.1. The van der Waals surface area contributed by atoms with Gasteiger partial charge in [0, 0.05) is 16.0 Å². The SMILES string of the molecule is Cc1cc(CNc2nccc(C#N)c2N)sc1C. The predicted molar refractivity (Wildman–Crippen MR) is 74.5 cm³/mol. The molecule has 0 atom stereocenters. The highest BCUT2D eigenvalue weighted by molar-refractivity contribution is 7.12. The van der Waals surface area contributed by atoms with Crippen molar-refractivity contribution in [2.45, 2.75) is 20.4 Å². The molecule has 2 aromatic rings. The van der Waals surface area contributed by atoms with Gasteiger partial charge in [0.2, 0.25) is 0 Å². The molecule has 0 aromatic carbocycles. The summed E-state index contributed by atoms with van der Waals surface area (Å²) in [6, 6.07) is 5.81. The molecule has 2 aromatic heterocycles. The van der Waals surface area contributed by atoms with Crippen LogP contribution in [-0.2, 0) is 6.54 Å². The number of rotatable bonds is 3. The highest BCUT2D eigenvalue weighted by atomic mass is 32.1. The van der Waals surface area contributed by atoms with Crippen molar-refractivity contribution in [3.63, 3.8) is 0 Å². The molecule has 0 fully saturated rings. The second-order valence-corrected chi connectivity index (χ2v) is 5.38. The number of nitriles is 1. The lowest BCUT2D eigenvalue weighted by molar-refractivity contribution is 1.14. The van der Waals surface area contributed by atoms with E-state index in [1.54, 1.807) is 23.6 Å². The molecule has 18 heavy (non-hydrogen) atoms. The number of anilines is 2. The first-order chi connectivity index (χ1) is 8.61. The third kappa shape index (κ3) is 2.44. The number of nitrogens with one attached hydrogen (secondary N) is 1. The van der Waals surface area contributed by atoms with Crippen LogP contribution in [0.2, 0.25) is 0 Å². The Morgan fingerprint density at radius 2 is 2.28 bits per heavy atom. The molecule has 0 saturated heterocycles. The van der Waals surface area contributed by atoms with Crippen molar-refractivity contribution in [2.24, 2.45) is 0 Å². The highest BCUT2D eigenvalue weighted by Gasteiger charge is 2.07. The lowest BCUT2D eigenvalue weighted by Crippen LogP contribution is -2.04. The summed E-state index contributed by atoms with van der Waals surface area (Å²) in [4.78, 5) is 6.70. The zero-order chi connectivity index (χ0) is 13.1. The molecule has 0 bridgehead atoms. The minimum atomic E-state index is 0.407. The van der Waals surface area contributed by atoms with Crippen LogP contribution in [0.4, 0.5) is 11.5 Å². The quantitative estimate of drug-likeness (QED) is 0.887. The Labute approximate surface area is 110 Å². The molecule has 3 N–H and O–H groups in total. The molecule has 0 aliphatic heterocycles. The van der Waals surface area contributed by atoms with Crippen LogP contribution in [0.1, 0.15) is 20.9 Å². The number of nitrogens with zero attached hydrogens (tertiary/aromatic N) is 2. The highest BCUT2D eigenvalue weighted by Crippen LogP contribution is 2.23. The van der Waals surface area contributed by atoms with Crippen molar-refractivity contribution < 1.29 is 0 Å². The molecule has 0 aliphatic rings. The largest absolute Gasteiger partial charge is 0.395 e. The number of hydrogen-bond donors (Lipinski definition) is 2. The summed E-state index contributed by atoms with van der Waals surface area (Å²) >= 11 is 1.75. The molecule has 2 rings (SSSR count). The van der Waals surface area contributed by atoms with Gasteiger partial charge in [0.05, 0.1) is 17.8 Å². The molecule has 0 spiro atoms. The molecule has 4 nitrogen and oxygen atoms in total. The average molecular weight is 258 g/mol. The maximum Gasteiger partial charge on any atom is 0.150 e. The van der Waals surface area contributed by atoms with Gasteiger partial charge in [-0.1, -0.05) is 0 Å². The topological polar surface area (TPSA) is 74.7 Å². The minimum absolute atomic E-state index is 0.407. The van der Waals surface area contributed by atoms with E-state index in [9.17, 15) is 0 Å². The van der Waals surface area contributed by atoms with Gasteiger partial charge in [-0.3, -0.25) is 0 Å². The lowest BCUT2D eigenvalue weighted by Gasteiger charge is -2.07. The number of pyridine rings is 1. The van der Waals surface area contributed by atoms with Crippen LogP contribution < -0.4 is 11.1 Å². The van der Waals surface area contributed by atoms with E-state index in [2.05, 4.69) is 30.2 Å². The Hall–Kier alpha value is -2.06. The fourth-order valence-electron chi connectivity index (χ4n) is 1.62. The Kier molecular flexibility index (Phi) is 3.49. The maximum atomic E-state index is 8.88. The number of aryl methyl sites for hydroxylation is 2. The van der Waals surface area contributed by atoms with Crippen molar-refractivity contribution >= 4 is 22.8 Å². The Morgan fingerprint density at radius 3 is 2.89 bits per heavy atom. The summed E-state index contributed by atoms with van der Waals surface area (Å²) in [6.07, 6.45) is 1.59. The molecule has 92 valence electrons. The number of nitrogen functional groups attached to an aromatic ring is 1. The fourth-order valence-corrected chi connectivity index (χ4v) is 2.61. The van der Waals surface area contributed by atoms with E-state index in [4.69, 9.17) is 11.0 Å². The van der Waals surface area contributed by atoms with Crippen LogP contribution in [0, 0.1) is 25.2 Å². The van der Waals surface area contributed by atoms with E-state index in [0.29, 0.717) is 23.6 Å². The van der Waals surface area contributed by atoms with Gasteiger partial charge in [0.15, 0.2) is 5.82 Å². The normalized spacial score (nSPS) is 10.1. The van der Waals surface area contributed by atoms with Crippen molar-refractivity contribution in [1.82, 2.24) is 4.98 Å². The molecule has 0 unspecified atom stereocenters. The van der Waals surface area contributed by atoms with E-state index in [0.717, 1.165) is 0 Å². The van der Waals surface area contributed by atoms with Crippen LogP contribution in [0.3, 0.4) is 0 Å². The summed E-state index contributed by atoms with van der Waals surface area (Å²) in [6.45, 7) is 4.87. The third-order valence-corrected chi connectivity index (χ3v) is 3.91. The maximum absolute atomic E-state index is 8.88. The van der Waals surface area contributed by atoms with Gasteiger partial charge in [0.25, 0.3) is 0 Å². The lowest BCUT2D eigenvalue weighted by atomic mass is 10.2. The molecule has 2 heterocycles. The molecular formula is C13H14N4S. The molecule has 0 amide bonds. The average Bonchev–Trinajstić information content (AvgIpc) is 2.67. The Morgan fingerprint density at radius 1 is 1.50 bits per heavy atom. The smallest absolute Gasteiger partial charge is 0.150 e. The van der Waals surface area contributed by atoms with Crippen molar-refractivity contribution in [3.05, 3.63) is 39.2 Å². The standard InChI is InChI=1S/C13H14N4S/c1-8-5-11(18-9(8)2)7-17-13-12(15)10(6-14)3-4-16-13/h3-5H,7,15H2,1-2H3,(H,16,17). The third-order valence-electron chi connectivity index (χ3n) is 2.76. The van der Waals surface area contributed by atoms with E-state index in [-0.39, 0.29) is 0 Å². The van der Waals surface area contributed by atoms with Crippen molar-refractivity contribution in [1.29, 1.82) is 5.26 Å². The van der Waals surface area contributed by atoms with E-state index < -0.39 is 0 Å². The van der Waals surface area contributed by atoms with E-state index >= 15 is 0 Å². The van der Waals surface area contributed by atoms with E-state index in [1.165, 1.54) is 15.3 Å². The first-order valence-electron chi connectivity index (χ1n) is 5.56. The number of hydrogen-bond acceptors (Lipinski definition) is 5. The Balaban J connectivity index is 2.14. The number of thiophene rings is 1. The summed E-state index contributed by atoms with van der Waals surface area (Å²) in [5.74, 6) is 0.567. The van der Waals surface area contributed by atoms with Crippen molar-refractivity contribution in [3.8, 4) is 6.07 Å². The summed E-state index contributed by atoms with van der Waals surface area (Å²) in [5.41, 5.74) is 8.00. The first kappa shape index (κ1) is 12.4.